The molecule has 0 aromatic heterocycles. The predicted molar refractivity (Wildman–Crippen MR) is 80.2 cm³/mol. The fraction of sp³-hybridized carbons (Fsp3) is 0.800. The summed E-state index contributed by atoms with van der Waals surface area (Å²) < 4.78 is 5.22. The molecular formula is C15H26N2O5. The highest BCUT2D eigenvalue weighted by atomic mass is 16.5. The van der Waals surface area contributed by atoms with E-state index in [0.717, 1.165) is 6.42 Å². The molecule has 22 heavy (non-hydrogen) atoms. The second-order valence-corrected chi connectivity index (χ2v) is 6.10. The second kappa shape index (κ2) is 8.73. The van der Waals surface area contributed by atoms with Gasteiger partial charge in [0.1, 0.15) is 0 Å². The number of carboxylic acid groups (broad SMARTS) is 1. The molecule has 126 valence electrons. The van der Waals surface area contributed by atoms with Crippen LogP contribution in [0.2, 0.25) is 0 Å². The SMILES string of the molecule is COC1CC(CC(=O)O)N(C(=O)CNC(=O)CCC(C)C)C1. The Hall–Kier alpha value is -1.63. The van der Waals surface area contributed by atoms with Crippen LogP contribution in [0.15, 0.2) is 0 Å². The van der Waals surface area contributed by atoms with E-state index in [0.29, 0.717) is 25.3 Å². The lowest BCUT2D eigenvalue weighted by Crippen LogP contribution is -2.43. The summed E-state index contributed by atoms with van der Waals surface area (Å²) in [6.45, 7) is 4.34. The number of hydrogen-bond acceptors (Lipinski definition) is 4. The van der Waals surface area contributed by atoms with Gasteiger partial charge in [0, 0.05) is 26.1 Å². The summed E-state index contributed by atoms with van der Waals surface area (Å²) in [6, 6.07) is -0.373. The van der Waals surface area contributed by atoms with Crippen molar-refractivity contribution in [1.29, 1.82) is 0 Å². The van der Waals surface area contributed by atoms with Crippen LogP contribution < -0.4 is 5.32 Å². The van der Waals surface area contributed by atoms with Crippen LogP contribution in [0.4, 0.5) is 0 Å². The van der Waals surface area contributed by atoms with Gasteiger partial charge in [-0.2, -0.15) is 0 Å². The number of carbonyl (C=O) groups is 3. The summed E-state index contributed by atoms with van der Waals surface area (Å²) in [4.78, 5) is 36.2. The molecule has 0 aliphatic carbocycles. The number of aliphatic carboxylic acids is 1. The molecule has 1 saturated heterocycles. The van der Waals surface area contributed by atoms with Crippen LogP contribution in [0, 0.1) is 5.92 Å². The van der Waals surface area contributed by atoms with Crippen LogP contribution in [0.25, 0.3) is 0 Å². The first-order valence-corrected chi connectivity index (χ1v) is 7.64. The first-order chi connectivity index (χ1) is 10.3. The minimum absolute atomic E-state index is 0.0938. The Balaban J connectivity index is 2.47. The van der Waals surface area contributed by atoms with Gasteiger partial charge in [0.15, 0.2) is 0 Å². The van der Waals surface area contributed by atoms with Crippen molar-refractivity contribution in [3.05, 3.63) is 0 Å². The number of hydrogen-bond donors (Lipinski definition) is 2. The maximum absolute atomic E-state index is 12.2. The standard InChI is InChI=1S/C15H26N2O5/c1-10(2)4-5-13(18)16-8-14(19)17-9-12(22-3)6-11(17)7-15(20)21/h10-12H,4-9H2,1-3H3,(H,16,18)(H,20,21). The van der Waals surface area contributed by atoms with Gasteiger partial charge < -0.3 is 20.1 Å². The van der Waals surface area contributed by atoms with Crippen LogP contribution in [0.1, 0.15) is 39.5 Å². The van der Waals surface area contributed by atoms with E-state index in [9.17, 15) is 14.4 Å². The van der Waals surface area contributed by atoms with Gasteiger partial charge in [0.05, 0.1) is 19.1 Å². The number of amides is 2. The Morgan fingerprint density at radius 1 is 1.36 bits per heavy atom. The second-order valence-electron chi connectivity index (χ2n) is 6.10. The average Bonchev–Trinajstić information content (AvgIpc) is 2.84. The molecule has 7 nitrogen and oxygen atoms in total. The maximum Gasteiger partial charge on any atom is 0.305 e. The minimum Gasteiger partial charge on any atom is -0.481 e. The summed E-state index contributed by atoms with van der Waals surface area (Å²) in [6.07, 6.45) is 1.43. The maximum atomic E-state index is 12.2. The summed E-state index contributed by atoms with van der Waals surface area (Å²) in [5.74, 6) is -0.925. The summed E-state index contributed by atoms with van der Waals surface area (Å²) >= 11 is 0. The van der Waals surface area contributed by atoms with Crippen LogP contribution in [-0.2, 0) is 19.1 Å². The third-order valence-electron chi connectivity index (χ3n) is 3.83. The predicted octanol–water partition coefficient (Wildman–Crippen LogP) is 0.629. The molecule has 1 aliphatic heterocycles. The number of rotatable bonds is 8. The number of nitrogens with one attached hydrogen (secondary N) is 1. The fourth-order valence-electron chi connectivity index (χ4n) is 2.53. The average molecular weight is 314 g/mol. The first-order valence-electron chi connectivity index (χ1n) is 7.64. The van der Waals surface area contributed by atoms with Gasteiger partial charge in [0.25, 0.3) is 0 Å². The van der Waals surface area contributed by atoms with Crippen LogP contribution in [0.5, 0.6) is 0 Å². The normalized spacial score (nSPS) is 21.2. The molecule has 0 bridgehead atoms. The van der Waals surface area contributed by atoms with Crippen molar-refractivity contribution >= 4 is 17.8 Å². The Labute approximate surface area is 131 Å². The van der Waals surface area contributed by atoms with Gasteiger partial charge in [-0.3, -0.25) is 14.4 Å². The number of likely N-dealkylation sites (tertiary alicyclic amines) is 1. The third kappa shape index (κ3) is 6.01. The van der Waals surface area contributed by atoms with Crippen LogP contribution in [0.3, 0.4) is 0 Å². The van der Waals surface area contributed by atoms with E-state index in [-0.39, 0.29) is 36.9 Å². The van der Waals surface area contributed by atoms with Crippen molar-refractivity contribution in [2.24, 2.45) is 5.92 Å². The van der Waals surface area contributed by atoms with E-state index < -0.39 is 5.97 Å². The molecule has 2 atom stereocenters. The van der Waals surface area contributed by atoms with Crippen LogP contribution in [-0.4, -0.2) is 60.1 Å². The van der Waals surface area contributed by atoms with Gasteiger partial charge in [-0.25, -0.2) is 0 Å². The molecule has 2 amide bonds. The van der Waals surface area contributed by atoms with Crippen molar-refractivity contribution in [1.82, 2.24) is 10.2 Å². The molecule has 1 heterocycles. The molecule has 7 heteroatoms. The van der Waals surface area contributed by atoms with E-state index in [2.05, 4.69) is 5.32 Å². The number of methoxy groups -OCH3 is 1. The molecule has 1 rings (SSSR count). The van der Waals surface area contributed by atoms with Gasteiger partial charge >= 0.3 is 5.97 Å². The largest absolute Gasteiger partial charge is 0.481 e. The van der Waals surface area contributed by atoms with Crippen molar-refractivity contribution in [3.63, 3.8) is 0 Å². The minimum atomic E-state index is -0.944. The molecule has 0 radical (unpaired) electrons. The highest BCUT2D eigenvalue weighted by molar-refractivity contribution is 5.85. The zero-order chi connectivity index (χ0) is 16.7. The first kappa shape index (κ1) is 18.4. The summed E-state index contributed by atoms with van der Waals surface area (Å²) in [5, 5.41) is 11.5. The lowest BCUT2D eigenvalue weighted by Gasteiger charge is -2.23. The summed E-state index contributed by atoms with van der Waals surface area (Å²) in [7, 11) is 1.55. The highest BCUT2D eigenvalue weighted by Crippen LogP contribution is 2.22. The van der Waals surface area contributed by atoms with E-state index >= 15 is 0 Å². The lowest BCUT2D eigenvalue weighted by molar-refractivity contribution is -0.140. The van der Waals surface area contributed by atoms with E-state index in [4.69, 9.17) is 9.84 Å². The molecule has 0 aromatic rings. The van der Waals surface area contributed by atoms with E-state index in [1.807, 2.05) is 13.8 Å². The Morgan fingerprint density at radius 3 is 2.59 bits per heavy atom. The molecule has 0 spiro atoms. The molecule has 2 unspecified atom stereocenters. The van der Waals surface area contributed by atoms with Crippen molar-refractivity contribution in [2.45, 2.75) is 51.7 Å². The summed E-state index contributed by atoms with van der Waals surface area (Å²) in [5.41, 5.74) is 0. The topological polar surface area (TPSA) is 95.9 Å². The molecular weight excluding hydrogens is 288 g/mol. The third-order valence-corrected chi connectivity index (χ3v) is 3.83. The fourth-order valence-corrected chi connectivity index (χ4v) is 2.53. The van der Waals surface area contributed by atoms with Crippen molar-refractivity contribution in [3.8, 4) is 0 Å². The Morgan fingerprint density at radius 2 is 2.05 bits per heavy atom. The Bertz CT molecular complexity index is 411. The molecule has 2 N–H and O–H groups in total. The van der Waals surface area contributed by atoms with E-state index in [1.54, 1.807) is 7.11 Å². The molecule has 0 saturated carbocycles. The van der Waals surface area contributed by atoms with Crippen molar-refractivity contribution in [2.75, 3.05) is 20.2 Å². The Kier molecular flexibility index (Phi) is 7.31. The van der Waals surface area contributed by atoms with Crippen LogP contribution >= 0.6 is 0 Å². The monoisotopic (exact) mass is 314 g/mol. The van der Waals surface area contributed by atoms with E-state index in [1.165, 1.54) is 4.90 Å². The number of carboxylic acids is 1. The van der Waals surface area contributed by atoms with Gasteiger partial charge in [-0.15, -0.1) is 0 Å². The quantitative estimate of drug-likeness (QED) is 0.685. The zero-order valence-electron chi connectivity index (χ0n) is 13.5. The zero-order valence-corrected chi connectivity index (χ0v) is 13.5. The number of nitrogens with zero attached hydrogens (tertiary/aromatic N) is 1. The molecule has 1 fully saturated rings. The highest BCUT2D eigenvalue weighted by Gasteiger charge is 2.36. The number of carbonyl (C=O) groups excluding carboxylic acids is 2. The lowest BCUT2D eigenvalue weighted by atomic mass is 10.1. The molecule has 1 aliphatic rings. The van der Waals surface area contributed by atoms with Crippen molar-refractivity contribution < 1.29 is 24.2 Å². The van der Waals surface area contributed by atoms with Gasteiger partial charge in [-0.1, -0.05) is 13.8 Å². The molecule has 0 aromatic carbocycles. The number of ether oxygens (including phenoxy) is 1. The smallest absolute Gasteiger partial charge is 0.305 e. The van der Waals surface area contributed by atoms with Gasteiger partial charge in [-0.05, 0) is 18.8 Å². The van der Waals surface area contributed by atoms with Gasteiger partial charge in [0.2, 0.25) is 11.8 Å².